The molecule has 0 spiro atoms. The smallest absolute Gasteiger partial charge is 0.387 e. The number of halogens is 2. The van der Waals surface area contributed by atoms with Gasteiger partial charge in [-0.2, -0.15) is 8.78 Å². The van der Waals surface area contributed by atoms with E-state index in [1.165, 1.54) is 10.7 Å². The zero-order chi connectivity index (χ0) is 24.5. The van der Waals surface area contributed by atoms with Gasteiger partial charge in [-0.25, -0.2) is 4.98 Å². The van der Waals surface area contributed by atoms with Crippen molar-refractivity contribution in [2.45, 2.75) is 13.2 Å². The van der Waals surface area contributed by atoms with E-state index in [1.807, 2.05) is 29.2 Å². The molecule has 5 rings (SSSR count). The first-order valence-corrected chi connectivity index (χ1v) is 11.1. The van der Waals surface area contributed by atoms with Gasteiger partial charge in [-0.05, 0) is 35.9 Å². The van der Waals surface area contributed by atoms with Gasteiger partial charge in [0.2, 0.25) is 5.91 Å². The highest BCUT2D eigenvalue weighted by Gasteiger charge is 2.18. The molecule has 1 aliphatic rings. The molecule has 10 heteroatoms. The van der Waals surface area contributed by atoms with E-state index in [0.29, 0.717) is 29.6 Å². The number of amides is 1. The van der Waals surface area contributed by atoms with Gasteiger partial charge in [0.1, 0.15) is 11.6 Å². The van der Waals surface area contributed by atoms with Crippen molar-refractivity contribution in [3.05, 3.63) is 76.7 Å². The second kappa shape index (κ2) is 9.21. The van der Waals surface area contributed by atoms with Gasteiger partial charge in [-0.1, -0.05) is 24.3 Å². The Bertz CT molecular complexity index is 1450. The average Bonchev–Trinajstić information content (AvgIpc) is 3.09. The second-order valence-corrected chi connectivity index (χ2v) is 8.28. The second-order valence-electron chi connectivity index (χ2n) is 8.28. The molecule has 3 heterocycles. The van der Waals surface area contributed by atoms with Crippen molar-refractivity contribution in [3.8, 4) is 16.9 Å². The van der Waals surface area contributed by atoms with Gasteiger partial charge in [-0.15, -0.1) is 0 Å². The Balaban J connectivity index is 1.49. The quantitative estimate of drug-likeness (QED) is 0.460. The van der Waals surface area contributed by atoms with Gasteiger partial charge in [0, 0.05) is 37.5 Å². The fraction of sp³-hybridized carbons (Fsp3) is 0.240. The van der Waals surface area contributed by atoms with Crippen LogP contribution in [-0.2, 0) is 18.4 Å². The number of carbonyl (C=O) groups excluding carboxylic acids is 1. The van der Waals surface area contributed by atoms with Crippen molar-refractivity contribution in [2.75, 3.05) is 24.5 Å². The molecule has 1 saturated heterocycles. The maximum atomic E-state index is 12.9. The highest BCUT2D eigenvalue weighted by Crippen LogP contribution is 2.27. The van der Waals surface area contributed by atoms with Crippen LogP contribution < -0.4 is 20.5 Å². The molecular weight excluding hydrogens is 456 g/mol. The molecule has 1 N–H and O–H groups in total. The number of pyridine rings is 1. The number of anilines is 1. The summed E-state index contributed by atoms with van der Waals surface area (Å²) in [5.74, 6) is 0.756. The summed E-state index contributed by atoms with van der Waals surface area (Å²) < 4.78 is 33.6. The minimum atomic E-state index is -2.94. The van der Waals surface area contributed by atoms with E-state index in [1.54, 1.807) is 42.2 Å². The summed E-state index contributed by atoms with van der Waals surface area (Å²) in [5.41, 5.74) is 2.71. The molecule has 4 aromatic rings. The minimum absolute atomic E-state index is 0.0323. The predicted molar refractivity (Wildman–Crippen MR) is 128 cm³/mol. The molecule has 0 aliphatic carbocycles. The molecule has 0 unspecified atom stereocenters. The number of hydrogen-bond donors (Lipinski definition) is 1. The minimum Gasteiger partial charge on any atom is -0.434 e. The number of rotatable bonds is 6. The lowest BCUT2D eigenvalue weighted by Gasteiger charge is -2.27. The van der Waals surface area contributed by atoms with Gasteiger partial charge in [0.25, 0.3) is 5.56 Å². The summed E-state index contributed by atoms with van der Waals surface area (Å²) in [4.78, 5) is 31.0. The summed E-state index contributed by atoms with van der Waals surface area (Å²) in [7, 11) is 1.64. The summed E-state index contributed by atoms with van der Waals surface area (Å²) in [5, 5.41) is 3.32. The first kappa shape index (κ1) is 22.6. The van der Waals surface area contributed by atoms with E-state index >= 15 is 0 Å². The molecular formula is C25H23F2N5O3. The van der Waals surface area contributed by atoms with Crippen molar-refractivity contribution in [1.29, 1.82) is 0 Å². The maximum absolute atomic E-state index is 12.9. The van der Waals surface area contributed by atoms with Gasteiger partial charge < -0.3 is 15.0 Å². The number of para-hydroxylation sites is 1. The van der Waals surface area contributed by atoms with Crippen LogP contribution in [0, 0.1) is 0 Å². The largest absolute Gasteiger partial charge is 0.434 e. The Kier molecular flexibility index (Phi) is 5.94. The van der Waals surface area contributed by atoms with Crippen molar-refractivity contribution in [2.24, 2.45) is 7.05 Å². The van der Waals surface area contributed by atoms with Crippen LogP contribution >= 0.6 is 0 Å². The van der Waals surface area contributed by atoms with Gasteiger partial charge in [-0.3, -0.25) is 19.0 Å². The van der Waals surface area contributed by atoms with Crippen LogP contribution in [0.1, 0.15) is 5.56 Å². The molecule has 1 aliphatic heterocycles. The molecule has 2 aromatic heterocycles. The number of carbonyl (C=O) groups is 1. The van der Waals surface area contributed by atoms with E-state index in [0.717, 1.165) is 16.9 Å². The van der Waals surface area contributed by atoms with E-state index < -0.39 is 6.61 Å². The van der Waals surface area contributed by atoms with E-state index in [9.17, 15) is 18.4 Å². The van der Waals surface area contributed by atoms with Gasteiger partial charge in [0.05, 0.1) is 24.0 Å². The van der Waals surface area contributed by atoms with Crippen LogP contribution in [0.4, 0.5) is 14.6 Å². The van der Waals surface area contributed by atoms with E-state index in [2.05, 4.69) is 15.0 Å². The number of fused-ring (bicyclic) bond motifs is 1. The van der Waals surface area contributed by atoms with Crippen LogP contribution in [0.25, 0.3) is 22.0 Å². The van der Waals surface area contributed by atoms with E-state index in [4.69, 9.17) is 0 Å². The van der Waals surface area contributed by atoms with Gasteiger partial charge in [0.15, 0.2) is 0 Å². The lowest BCUT2D eigenvalue weighted by molar-refractivity contribution is -0.120. The van der Waals surface area contributed by atoms with E-state index in [-0.39, 0.29) is 30.3 Å². The molecule has 0 radical (unpaired) electrons. The number of ether oxygens (including phenoxy) is 1. The molecule has 0 atom stereocenters. The standard InChI is InChI=1S/C25H23F2N5O3/c1-30-24(34)19-8-6-16(17-7-9-22(29-13-17)31-11-10-28-23(33)15-31)12-20(19)32(30)14-18-4-2-3-5-21(18)35-25(26)27/h2-9,12-13,25H,10-11,14-15H2,1H3,(H,28,33). The third-order valence-corrected chi connectivity index (χ3v) is 6.11. The van der Waals surface area contributed by atoms with Crippen molar-refractivity contribution >= 4 is 22.6 Å². The highest BCUT2D eigenvalue weighted by molar-refractivity contribution is 5.85. The number of nitrogens with zero attached hydrogens (tertiary/aromatic N) is 4. The zero-order valence-corrected chi connectivity index (χ0v) is 18.9. The molecule has 0 saturated carbocycles. The fourth-order valence-corrected chi connectivity index (χ4v) is 4.33. The number of aromatic nitrogens is 3. The molecule has 180 valence electrons. The summed E-state index contributed by atoms with van der Waals surface area (Å²) >= 11 is 0. The first-order valence-electron chi connectivity index (χ1n) is 11.1. The zero-order valence-electron chi connectivity index (χ0n) is 18.9. The molecule has 0 bridgehead atoms. The van der Waals surface area contributed by atoms with Gasteiger partial charge >= 0.3 is 6.61 Å². The molecule has 1 amide bonds. The number of hydrogen-bond acceptors (Lipinski definition) is 5. The predicted octanol–water partition coefficient (Wildman–Crippen LogP) is 2.99. The number of nitrogens with one attached hydrogen (secondary N) is 1. The Morgan fingerprint density at radius 3 is 2.63 bits per heavy atom. The maximum Gasteiger partial charge on any atom is 0.387 e. The lowest BCUT2D eigenvalue weighted by atomic mass is 10.1. The molecule has 1 fully saturated rings. The molecule has 2 aromatic carbocycles. The van der Waals surface area contributed by atoms with Crippen LogP contribution in [0.3, 0.4) is 0 Å². The van der Waals surface area contributed by atoms with Crippen LogP contribution in [0.5, 0.6) is 5.75 Å². The van der Waals surface area contributed by atoms with Crippen LogP contribution in [0.2, 0.25) is 0 Å². The summed E-state index contributed by atoms with van der Waals surface area (Å²) in [6.45, 7) is -1.23. The number of alkyl halides is 2. The first-order chi connectivity index (χ1) is 16.9. The van der Waals surface area contributed by atoms with Crippen molar-refractivity contribution in [3.63, 3.8) is 0 Å². The Morgan fingerprint density at radius 1 is 1.09 bits per heavy atom. The monoisotopic (exact) mass is 479 g/mol. The summed E-state index contributed by atoms with van der Waals surface area (Å²) in [6, 6.07) is 15.8. The Labute approximate surface area is 199 Å². The number of piperazine rings is 1. The Morgan fingerprint density at radius 2 is 1.89 bits per heavy atom. The summed E-state index contributed by atoms with van der Waals surface area (Å²) in [6.07, 6.45) is 1.74. The third kappa shape index (κ3) is 4.46. The van der Waals surface area contributed by atoms with Crippen LogP contribution in [0.15, 0.2) is 65.6 Å². The van der Waals surface area contributed by atoms with Crippen LogP contribution in [-0.4, -0.2) is 46.5 Å². The third-order valence-electron chi connectivity index (χ3n) is 6.11. The molecule has 35 heavy (non-hydrogen) atoms. The SMILES string of the molecule is Cn1c(=O)c2ccc(-c3ccc(N4CCNC(=O)C4)nc3)cc2n1Cc1ccccc1OC(F)F. The topological polar surface area (TPSA) is 81.4 Å². The lowest BCUT2D eigenvalue weighted by Crippen LogP contribution is -2.48. The fourth-order valence-electron chi connectivity index (χ4n) is 4.33. The average molecular weight is 479 g/mol. The van der Waals surface area contributed by atoms with Crippen molar-refractivity contribution in [1.82, 2.24) is 19.7 Å². The normalized spacial score (nSPS) is 13.9. The Hall–Kier alpha value is -4.21. The van der Waals surface area contributed by atoms with Crippen molar-refractivity contribution < 1.29 is 18.3 Å². The highest BCUT2D eigenvalue weighted by atomic mass is 19.3. The number of benzene rings is 2. The molecule has 8 nitrogen and oxygen atoms in total.